The highest BCUT2D eigenvalue weighted by atomic mass is 35.5. The van der Waals surface area contributed by atoms with Crippen LogP contribution in [0.5, 0.6) is 17.4 Å². The fourth-order valence-electron chi connectivity index (χ4n) is 4.71. The minimum Gasteiger partial charge on any atom is -0.486 e. The van der Waals surface area contributed by atoms with Gasteiger partial charge in [-0.15, -0.1) is 24.8 Å². The summed E-state index contributed by atoms with van der Waals surface area (Å²) in [6, 6.07) is 5.30. The Labute approximate surface area is 232 Å². The van der Waals surface area contributed by atoms with Crippen molar-refractivity contribution in [1.29, 1.82) is 0 Å². The average Bonchev–Trinajstić information content (AvgIpc) is 2.91. The number of carbonyl (C=O) groups excluding carboxylic acids is 1. The van der Waals surface area contributed by atoms with Crippen LogP contribution in [0.3, 0.4) is 0 Å². The van der Waals surface area contributed by atoms with Gasteiger partial charge in [0.05, 0.1) is 36.2 Å². The molecule has 0 radical (unpaired) electrons. The lowest BCUT2D eigenvalue weighted by molar-refractivity contribution is -0.126. The second-order valence-electron chi connectivity index (χ2n) is 9.02. The zero-order valence-corrected chi connectivity index (χ0v) is 22.6. The molecule has 0 atom stereocenters. The number of primary amides is 1. The fraction of sp³-hybridized carbons (Fsp3) is 0.440. The largest absolute Gasteiger partial charge is 0.486 e. The normalized spacial score (nSPS) is 16.3. The monoisotopic (exact) mass is 568 g/mol. The Bertz CT molecular complexity index is 1280. The molecule has 1 saturated heterocycles. The van der Waals surface area contributed by atoms with E-state index in [1.807, 2.05) is 6.07 Å². The van der Waals surface area contributed by atoms with Crippen molar-refractivity contribution in [2.24, 2.45) is 5.73 Å². The van der Waals surface area contributed by atoms with Crippen LogP contribution in [0.15, 0.2) is 30.6 Å². The van der Waals surface area contributed by atoms with Crippen molar-refractivity contribution < 1.29 is 23.4 Å². The number of halogens is 3. The third-order valence-electron chi connectivity index (χ3n) is 6.90. The molecule has 0 saturated carbocycles. The third-order valence-corrected chi connectivity index (χ3v) is 6.90. The van der Waals surface area contributed by atoms with Gasteiger partial charge in [0, 0.05) is 43.9 Å². The van der Waals surface area contributed by atoms with Crippen LogP contribution in [0.1, 0.15) is 24.1 Å². The first-order chi connectivity index (χ1) is 17.5. The van der Waals surface area contributed by atoms with E-state index >= 15 is 0 Å². The quantitative estimate of drug-likeness (QED) is 0.421. The molecule has 5 rings (SSSR count). The molecule has 0 bridgehead atoms. The van der Waals surface area contributed by atoms with E-state index in [4.69, 9.17) is 19.9 Å². The van der Waals surface area contributed by atoms with Gasteiger partial charge >= 0.3 is 0 Å². The highest BCUT2D eigenvalue weighted by Crippen LogP contribution is 2.30. The number of amides is 1. The minimum absolute atomic E-state index is 0. The number of pyridine rings is 3. The Morgan fingerprint density at radius 1 is 1.16 bits per heavy atom. The average molecular weight is 569 g/mol. The standard InChI is InChI=1S/C25H29FN6O4.2ClH/c1-34-22-3-2-19-23(31-22)17(18(26)14-29-19)4-7-32-8-5-25(6-9-32,24(27)33)30-13-16-12-20-21(15-28-16)36-11-10-35-20;;/h2-3,12,14-15,30H,4-11,13H2,1H3,(H2,27,33);2*1H. The number of nitrogens with one attached hydrogen (secondary N) is 1. The molecular weight excluding hydrogens is 538 g/mol. The van der Waals surface area contributed by atoms with E-state index in [0.29, 0.717) is 92.6 Å². The van der Waals surface area contributed by atoms with E-state index in [-0.39, 0.29) is 36.5 Å². The van der Waals surface area contributed by atoms with Crippen molar-refractivity contribution in [3.05, 3.63) is 47.7 Å². The molecule has 1 fully saturated rings. The number of nitrogens with zero attached hydrogens (tertiary/aromatic N) is 4. The molecule has 3 aromatic heterocycles. The van der Waals surface area contributed by atoms with Crippen LogP contribution in [-0.4, -0.2) is 71.3 Å². The first kappa shape index (κ1) is 29.6. The number of fused-ring (bicyclic) bond motifs is 2. The Morgan fingerprint density at radius 2 is 1.89 bits per heavy atom. The highest BCUT2D eigenvalue weighted by molar-refractivity contribution is 5.86. The van der Waals surface area contributed by atoms with Gasteiger partial charge in [0.1, 0.15) is 24.6 Å². The zero-order chi connectivity index (χ0) is 25.1. The first-order valence-corrected chi connectivity index (χ1v) is 12.0. The Morgan fingerprint density at radius 3 is 2.61 bits per heavy atom. The lowest BCUT2D eigenvalue weighted by Gasteiger charge is -2.40. The molecule has 5 heterocycles. The van der Waals surface area contributed by atoms with E-state index in [0.717, 1.165) is 5.69 Å². The number of methoxy groups -OCH3 is 1. The molecular formula is C25H31Cl2FN6O4. The topological polar surface area (TPSA) is 125 Å². The van der Waals surface area contributed by atoms with Gasteiger partial charge < -0.3 is 24.8 Å². The first-order valence-electron chi connectivity index (χ1n) is 12.0. The molecule has 1 amide bonds. The molecule has 206 valence electrons. The molecule has 2 aliphatic rings. The summed E-state index contributed by atoms with van der Waals surface area (Å²) >= 11 is 0. The summed E-state index contributed by atoms with van der Waals surface area (Å²) in [4.78, 5) is 27.6. The van der Waals surface area contributed by atoms with Crippen LogP contribution in [0.4, 0.5) is 4.39 Å². The van der Waals surface area contributed by atoms with E-state index in [1.54, 1.807) is 18.3 Å². The van der Waals surface area contributed by atoms with Crippen molar-refractivity contribution in [1.82, 2.24) is 25.2 Å². The van der Waals surface area contributed by atoms with Crippen LogP contribution in [0.25, 0.3) is 11.0 Å². The van der Waals surface area contributed by atoms with Gasteiger partial charge in [0.2, 0.25) is 11.8 Å². The molecule has 38 heavy (non-hydrogen) atoms. The van der Waals surface area contributed by atoms with Crippen molar-refractivity contribution in [3.63, 3.8) is 0 Å². The van der Waals surface area contributed by atoms with Crippen molar-refractivity contribution in [3.8, 4) is 17.4 Å². The third kappa shape index (κ3) is 6.17. The van der Waals surface area contributed by atoms with E-state index in [1.165, 1.54) is 13.3 Å². The summed E-state index contributed by atoms with van der Waals surface area (Å²) in [5, 5.41) is 3.35. The lowest BCUT2D eigenvalue weighted by atomic mass is 9.86. The number of nitrogens with two attached hydrogens (primary N) is 1. The van der Waals surface area contributed by atoms with Crippen molar-refractivity contribution >= 4 is 41.8 Å². The number of ether oxygens (including phenoxy) is 3. The van der Waals surface area contributed by atoms with Gasteiger partial charge in [0.25, 0.3) is 0 Å². The van der Waals surface area contributed by atoms with Crippen LogP contribution in [0, 0.1) is 5.82 Å². The maximum Gasteiger partial charge on any atom is 0.237 e. The number of likely N-dealkylation sites (tertiary alicyclic amines) is 1. The van der Waals surface area contributed by atoms with Gasteiger partial charge in [-0.2, -0.15) is 0 Å². The van der Waals surface area contributed by atoms with Crippen LogP contribution >= 0.6 is 24.8 Å². The van der Waals surface area contributed by atoms with Crippen LogP contribution < -0.4 is 25.3 Å². The summed E-state index contributed by atoms with van der Waals surface area (Å²) in [5.41, 5.74) is 7.37. The molecule has 3 aromatic rings. The van der Waals surface area contributed by atoms with Gasteiger partial charge in [0.15, 0.2) is 11.5 Å². The Kier molecular flexibility index (Phi) is 9.88. The van der Waals surface area contributed by atoms with Crippen molar-refractivity contribution in [2.45, 2.75) is 31.3 Å². The maximum atomic E-state index is 14.6. The number of carbonyl (C=O) groups is 1. The maximum absolute atomic E-state index is 14.6. The lowest BCUT2D eigenvalue weighted by Crippen LogP contribution is -2.60. The predicted octanol–water partition coefficient (Wildman–Crippen LogP) is 2.44. The van der Waals surface area contributed by atoms with E-state index in [2.05, 4.69) is 25.2 Å². The fourth-order valence-corrected chi connectivity index (χ4v) is 4.71. The molecule has 13 heteroatoms. The number of piperidine rings is 1. The van der Waals surface area contributed by atoms with Crippen LogP contribution in [-0.2, 0) is 17.8 Å². The molecule has 3 N–H and O–H groups in total. The van der Waals surface area contributed by atoms with Gasteiger partial charge in [-0.25, -0.2) is 9.37 Å². The molecule has 0 aromatic carbocycles. The minimum atomic E-state index is -0.838. The molecule has 0 aliphatic carbocycles. The smallest absolute Gasteiger partial charge is 0.237 e. The van der Waals surface area contributed by atoms with Gasteiger partial charge in [-0.05, 0) is 25.3 Å². The summed E-state index contributed by atoms with van der Waals surface area (Å²) in [7, 11) is 1.52. The number of hydrogen-bond acceptors (Lipinski definition) is 9. The summed E-state index contributed by atoms with van der Waals surface area (Å²) < 4.78 is 31.0. The summed E-state index contributed by atoms with van der Waals surface area (Å²) in [5.74, 6) is 0.912. The van der Waals surface area contributed by atoms with E-state index < -0.39 is 5.54 Å². The number of rotatable bonds is 8. The Hall–Kier alpha value is -2.99. The highest BCUT2D eigenvalue weighted by Gasteiger charge is 2.39. The summed E-state index contributed by atoms with van der Waals surface area (Å²) in [6.45, 7) is 3.28. The van der Waals surface area contributed by atoms with Gasteiger partial charge in [-0.1, -0.05) is 0 Å². The molecule has 10 nitrogen and oxygen atoms in total. The van der Waals surface area contributed by atoms with Crippen molar-refractivity contribution in [2.75, 3.05) is 40.0 Å². The summed E-state index contributed by atoms with van der Waals surface area (Å²) in [6.07, 6.45) is 4.41. The second kappa shape index (κ2) is 12.7. The van der Waals surface area contributed by atoms with E-state index in [9.17, 15) is 9.18 Å². The molecule has 0 unspecified atom stereocenters. The van der Waals surface area contributed by atoms with Crippen LogP contribution in [0.2, 0.25) is 0 Å². The number of aromatic nitrogens is 3. The van der Waals surface area contributed by atoms with Gasteiger partial charge in [-0.3, -0.25) is 20.1 Å². The molecule has 2 aliphatic heterocycles. The Balaban J connectivity index is 0.00000200. The second-order valence-corrected chi connectivity index (χ2v) is 9.02. The molecule has 0 spiro atoms. The SMILES string of the molecule is COc1ccc2ncc(F)c(CCN3CCC(NCc4cc5c(cn4)OCCO5)(C(N)=O)CC3)c2n1.Cl.Cl. The zero-order valence-electron chi connectivity index (χ0n) is 20.9. The number of hydrogen-bond donors (Lipinski definition) is 2. The predicted molar refractivity (Wildman–Crippen MR) is 144 cm³/mol.